The predicted molar refractivity (Wildman–Crippen MR) is 76.3 cm³/mol. The number of nitrogens with one attached hydrogen (secondary N) is 1. The van der Waals surface area contributed by atoms with E-state index in [9.17, 15) is 4.79 Å². The number of aromatic amines is 1. The Balaban J connectivity index is 1.71. The number of nitrogens with zero attached hydrogens (tertiary/aromatic N) is 3. The van der Waals surface area contributed by atoms with Gasteiger partial charge in [0.1, 0.15) is 12.1 Å². The van der Waals surface area contributed by atoms with Crippen LogP contribution in [0.2, 0.25) is 0 Å². The average molecular weight is 282 g/mol. The highest BCUT2D eigenvalue weighted by atomic mass is 16.5. The Labute approximate surface area is 121 Å². The van der Waals surface area contributed by atoms with Crippen molar-refractivity contribution in [1.82, 2.24) is 20.0 Å². The van der Waals surface area contributed by atoms with Gasteiger partial charge in [-0.25, -0.2) is 4.98 Å². The topological polar surface area (TPSA) is 75.0 Å². The van der Waals surface area contributed by atoms with Crippen LogP contribution in [0.5, 0.6) is 0 Å². The summed E-state index contributed by atoms with van der Waals surface area (Å²) in [5.74, 6) is 0.509. The second kappa shape index (κ2) is 5.62. The lowest BCUT2D eigenvalue weighted by molar-refractivity contribution is 0.0771. The number of aromatic nitrogens is 3. The summed E-state index contributed by atoms with van der Waals surface area (Å²) in [6.45, 7) is 0.374. The molecule has 6 heteroatoms. The number of hydrogen-bond donors (Lipinski definition) is 1. The Kier molecular flexibility index (Phi) is 3.51. The van der Waals surface area contributed by atoms with Gasteiger partial charge in [0.2, 0.25) is 0 Å². The molecule has 2 aromatic heterocycles. The number of carbonyl (C=O) groups is 1. The van der Waals surface area contributed by atoms with Crippen LogP contribution in [0.25, 0.3) is 11.3 Å². The van der Waals surface area contributed by atoms with Crippen molar-refractivity contribution in [3.63, 3.8) is 0 Å². The number of hydrogen-bond acceptors (Lipinski definition) is 4. The summed E-state index contributed by atoms with van der Waals surface area (Å²) < 4.78 is 4.68. The lowest BCUT2D eigenvalue weighted by Gasteiger charge is -2.13. The lowest BCUT2D eigenvalue weighted by atomic mass is 10.2. The number of rotatable bonds is 4. The Hall–Kier alpha value is -2.89. The van der Waals surface area contributed by atoms with E-state index in [0.29, 0.717) is 12.4 Å². The summed E-state index contributed by atoms with van der Waals surface area (Å²) in [4.78, 5) is 21.1. The highest BCUT2D eigenvalue weighted by Crippen LogP contribution is 2.16. The molecule has 1 amide bonds. The van der Waals surface area contributed by atoms with Gasteiger partial charge in [-0.3, -0.25) is 4.79 Å². The van der Waals surface area contributed by atoms with E-state index >= 15 is 0 Å². The van der Waals surface area contributed by atoms with E-state index in [0.717, 1.165) is 11.3 Å². The quantitative estimate of drug-likeness (QED) is 0.797. The molecule has 0 saturated carbocycles. The van der Waals surface area contributed by atoms with Crippen LogP contribution in [0.4, 0.5) is 0 Å². The Morgan fingerprint density at radius 1 is 1.29 bits per heavy atom. The number of benzene rings is 1. The maximum absolute atomic E-state index is 12.0. The van der Waals surface area contributed by atoms with Crippen molar-refractivity contribution < 1.29 is 9.32 Å². The van der Waals surface area contributed by atoms with Crippen LogP contribution in [0.3, 0.4) is 0 Å². The third-order valence-electron chi connectivity index (χ3n) is 3.10. The highest BCUT2D eigenvalue weighted by molar-refractivity contribution is 5.91. The molecule has 6 nitrogen and oxygen atoms in total. The molecule has 106 valence electrons. The Morgan fingerprint density at radius 3 is 2.81 bits per heavy atom. The zero-order valence-electron chi connectivity index (χ0n) is 11.5. The first kappa shape index (κ1) is 13.1. The minimum Gasteiger partial charge on any atom is -0.364 e. The zero-order chi connectivity index (χ0) is 14.7. The van der Waals surface area contributed by atoms with Crippen molar-refractivity contribution in [3.05, 3.63) is 60.4 Å². The summed E-state index contributed by atoms with van der Waals surface area (Å²) in [6, 6.07) is 11.4. The molecule has 21 heavy (non-hydrogen) atoms. The first-order valence-electron chi connectivity index (χ1n) is 6.49. The van der Waals surface area contributed by atoms with Gasteiger partial charge in [-0.15, -0.1) is 0 Å². The van der Waals surface area contributed by atoms with Gasteiger partial charge in [0.15, 0.2) is 5.69 Å². The SMILES string of the molecule is CN(Cc1ncc(-c2ccccc2)[nH]1)C(=O)c1ccon1. The highest BCUT2D eigenvalue weighted by Gasteiger charge is 2.16. The number of imidazole rings is 1. The van der Waals surface area contributed by atoms with Crippen LogP contribution in [-0.2, 0) is 6.54 Å². The minimum atomic E-state index is -0.207. The predicted octanol–water partition coefficient (Wildman–Crippen LogP) is 2.34. The average Bonchev–Trinajstić information content (AvgIpc) is 3.19. The molecular weight excluding hydrogens is 268 g/mol. The van der Waals surface area contributed by atoms with Crippen molar-refractivity contribution in [1.29, 1.82) is 0 Å². The lowest BCUT2D eigenvalue weighted by Crippen LogP contribution is -2.26. The van der Waals surface area contributed by atoms with Crippen LogP contribution >= 0.6 is 0 Å². The first-order valence-corrected chi connectivity index (χ1v) is 6.49. The van der Waals surface area contributed by atoms with Gasteiger partial charge in [0.05, 0.1) is 18.4 Å². The van der Waals surface area contributed by atoms with Gasteiger partial charge in [-0.2, -0.15) is 0 Å². The molecule has 1 aromatic carbocycles. The molecule has 0 saturated heterocycles. The third kappa shape index (κ3) is 2.84. The molecule has 0 fully saturated rings. The summed E-state index contributed by atoms with van der Waals surface area (Å²) >= 11 is 0. The number of amides is 1. The molecule has 0 atom stereocenters. The minimum absolute atomic E-state index is 0.207. The standard InChI is InChI=1S/C15H14N4O2/c1-19(15(20)12-7-8-21-18-12)10-14-16-9-13(17-14)11-5-3-2-4-6-11/h2-9H,10H2,1H3,(H,16,17). The van der Waals surface area contributed by atoms with Crippen LogP contribution in [0, 0.1) is 0 Å². The van der Waals surface area contributed by atoms with E-state index in [-0.39, 0.29) is 11.6 Å². The summed E-state index contributed by atoms with van der Waals surface area (Å²) in [5, 5.41) is 3.63. The van der Waals surface area contributed by atoms with Crippen LogP contribution < -0.4 is 0 Å². The fourth-order valence-electron chi connectivity index (χ4n) is 2.02. The van der Waals surface area contributed by atoms with Gasteiger partial charge in [-0.05, 0) is 5.56 Å². The molecule has 3 aromatic rings. The van der Waals surface area contributed by atoms with Crippen molar-refractivity contribution >= 4 is 5.91 Å². The molecule has 2 heterocycles. The Morgan fingerprint density at radius 2 is 2.10 bits per heavy atom. The molecular formula is C15H14N4O2. The van der Waals surface area contributed by atoms with Crippen LogP contribution in [-0.4, -0.2) is 33.0 Å². The molecule has 0 aliphatic heterocycles. The molecule has 0 aliphatic carbocycles. The maximum Gasteiger partial charge on any atom is 0.276 e. The second-order valence-corrected chi connectivity index (χ2v) is 4.66. The van der Waals surface area contributed by atoms with Gasteiger partial charge in [0.25, 0.3) is 5.91 Å². The summed E-state index contributed by atoms with van der Waals surface area (Å²) in [5.41, 5.74) is 2.27. The van der Waals surface area contributed by atoms with E-state index in [2.05, 4.69) is 19.6 Å². The fraction of sp³-hybridized carbons (Fsp3) is 0.133. The van der Waals surface area contributed by atoms with Gasteiger partial charge in [0, 0.05) is 13.1 Å². The van der Waals surface area contributed by atoms with E-state index in [1.54, 1.807) is 13.2 Å². The second-order valence-electron chi connectivity index (χ2n) is 4.66. The number of carbonyl (C=O) groups excluding carboxylic acids is 1. The molecule has 0 radical (unpaired) electrons. The largest absolute Gasteiger partial charge is 0.364 e. The first-order chi connectivity index (χ1) is 10.2. The normalized spacial score (nSPS) is 10.5. The monoisotopic (exact) mass is 282 g/mol. The number of H-pyrrole nitrogens is 1. The summed E-state index contributed by atoms with van der Waals surface area (Å²) in [6.07, 6.45) is 3.14. The molecule has 0 unspecified atom stereocenters. The zero-order valence-corrected chi connectivity index (χ0v) is 11.5. The van der Waals surface area contributed by atoms with E-state index in [1.165, 1.54) is 17.2 Å². The molecule has 0 aliphatic rings. The van der Waals surface area contributed by atoms with Gasteiger partial charge in [-0.1, -0.05) is 35.5 Å². The third-order valence-corrected chi connectivity index (χ3v) is 3.10. The Bertz CT molecular complexity index is 719. The van der Waals surface area contributed by atoms with E-state index in [1.807, 2.05) is 30.3 Å². The van der Waals surface area contributed by atoms with Crippen LogP contribution in [0.1, 0.15) is 16.3 Å². The van der Waals surface area contributed by atoms with Gasteiger partial charge < -0.3 is 14.4 Å². The van der Waals surface area contributed by atoms with E-state index < -0.39 is 0 Å². The van der Waals surface area contributed by atoms with Crippen molar-refractivity contribution in [2.45, 2.75) is 6.54 Å². The molecule has 3 rings (SSSR count). The smallest absolute Gasteiger partial charge is 0.276 e. The summed E-state index contributed by atoms with van der Waals surface area (Å²) in [7, 11) is 1.70. The molecule has 1 N–H and O–H groups in total. The van der Waals surface area contributed by atoms with Crippen molar-refractivity contribution in [2.75, 3.05) is 7.05 Å². The maximum atomic E-state index is 12.0. The molecule has 0 bridgehead atoms. The van der Waals surface area contributed by atoms with Crippen molar-refractivity contribution in [3.8, 4) is 11.3 Å². The van der Waals surface area contributed by atoms with Crippen molar-refractivity contribution in [2.24, 2.45) is 0 Å². The van der Waals surface area contributed by atoms with Crippen LogP contribution in [0.15, 0.2) is 53.4 Å². The molecule has 0 spiro atoms. The fourth-order valence-corrected chi connectivity index (χ4v) is 2.02. The van der Waals surface area contributed by atoms with E-state index in [4.69, 9.17) is 0 Å². The van der Waals surface area contributed by atoms with Gasteiger partial charge >= 0.3 is 0 Å².